The van der Waals surface area contributed by atoms with E-state index < -0.39 is 114 Å². The van der Waals surface area contributed by atoms with Gasteiger partial charge in [0.25, 0.3) is 6.01 Å². The second-order valence-electron chi connectivity index (χ2n) is 35.1. The monoisotopic (exact) mass is 1780 g/mol. The van der Waals surface area contributed by atoms with Gasteiger partial charge in [0.2, 0.25) is 23.4 Å². The number of ketones is 2. The minimum Gasteiger partial charge on any atom is -0.459 e. The number of esters is 1. The summed E-state index contributed by atoms with van der Waals surface area (Å²) in [6, 6.07) is 10.0. The van der Waals surface area contributed by atoms with Gasteiger partial charge in [0.05, 0.1) is 95.6 Å². The molecule has 1 aliphatic carbocycles. The molecule has 700 valence electrons. The van der Waals surface area contributed by atoms with E-state index in [1.165, 1.54) is 23.9 Å². The highest BCUT2D eigenvalue weighted by molar-refractivity contribution is 5.99. The third kappa shape index (κ3) is 25.9. The number of oxazole rings is 1. The molecule has 9 heterocycles. The van der Waals surface area contributed by atoms with Crippen molar-refractivity contribution in [3.05, 3.63) is 125 Å². The van der Waals surface area contributed by atoms with Gasteiger partial charge in [-0.2, -0.15) is 10.1 Å². The molecule has 2 aromatic carbocycles. The Morgan fingerprint density at radius 2 is 1.45 bits per heavy atom. The topological polar surface area (TPSA) is 457 Å². The van der Waals surface area contributed by atoms with Crippen molar-refractivity contribution in [1.82, 2.24) is 54.7 Å². The molecule has 2 bridgehead atoms. The molecular formula is C93H133N15O20. The molecule has 35 heteroatoms. The summed E-state index contributed by atoms with van der Waals surface area (Å²) in [4.78, 5) is 100. The Kier molecular flexibility index (Phi) is 36.0. The van der Waals surface area contributed by atoms with Gasteiger partial charge in [-0.3, -0.25) is 29.0 Å². The summed E-state index contributed by atoms with van der Waals surface area (Å²) in [5, 5.41) is 55.6. The summed E-state index contributed by atoms with van der Waals surface area (Å²) < 4.78 is 67.2. The molecule has 35 nitrogen and oxygen atoms in total. The van der Waals surface area contributed by atoms with E-state index in [9.17, 15) is 44.4 Å². The lowest BCUT2D eigenvalue weighted by molar-refractivity contribution is -0.275. The maximum atomic E-state index is 14.9. The molecule has 0 radical (unpaired) electrons. The first-order chi connectivity index (χ1) is 61.7. The van der Waals surface area contributed by atoms with E-state index in [2.05, 4.69) is 58.2 Å². The number of amides is 2. The van der Waals surface area contributed by atoms with Crippen LogP contribution in [0.5, 0.6) is 0 Å². The van der Waals surface area contributed by atoms with Crippen LogP contribution in [0, 0.1) is 29.6 Å². The molecule has 1 unspecified atom stereocenters. The molecular weight excluding hydrogens is 1650 g/mol. The fourth-order valence-electron chi connectivity index (χ4n) is 18.3. The molecule has 4 aromatic heterocycles. The summed E-state index contributed by atoms with van der Waals surface area (Å²) in [7, 11) is 4.65. The second-order valence-corrected chi connectivity index (χ2v) is 35.1. The van der Waals surface area contributed by atoms with Crippen molar-refractivity contribution in [1.29, 1.82) is 0 Å². The number of nitrogens with one attached hydrogen (secondary N) is 1. The molecule has 0 spiro atoms. The van der Waals surface area contributed by atoms with Crippen LogP contribution in [-0.2, 0) is 92.6 Å². The minimum atomic E-state index is -2.39. The van der Waals surface area contributed by atoms with Gasteiger partial charge in [0.1, 0.15) is 53.8 Å². The zero-order chi connectivity index (χ0) is 91.1. The number of methoxy groups -OCH3 is 3. The first kappa shape index (κ1) is 97.9. The van der Waals surface area contributed by atoms with Gasteiger partial charge in [0.15, 0.2) is 23.2 Å². The Morgan fingerprint density at radius 3 is 2.19 bits per heavy atom. The number of rotatable bonds is 28. The second kappa shape index (κ2) is 47.1. The zero-order valence-corrected chi connectivity index (χ0v) is 75.5. The summed E-state index contributed by atoms with van der Waals surface area (Å²) in [6.07, 6.45) is 12.3. The van der Waals surface area contributed by atoms with Crippen LogP contribution in [0.3, 0.4) is 0 Å². The van der Waals surface area contributed by atoms with Gasteiger partial charge in [0, 0.05) is 140 Å². The van der Waals surface area contributed by atoms with Gasteiger partial charge in [-0.25, -0.2) is 29.4 Å². The standard InChI is InChI=1S/C93H133N15O20/c1-57-15-11-10-12-16-58(2)75(118-7)49-69-23-18-62(6)93(117,128-69)85(113)88(114)107-28-14-13-17-72(107)89(115)125-77(50-76(119-8)59(3)44-61(5)83(111)84(112)82(110)60(4)43-57)70(94)46-63-20-24-74(78(47-63)120-9)127-92(116)99-53-65-51-97-91(98-52-65)105-32-30-104(31-33-105)34-36-122-38-40-124-42-41-123-39-37-121-35-27-79(109)106-29-26-66-45-64(19-21-68(66)55-106)54-108-87-80(86(95)100-56-101-87)81(103-108)67-22-25-73-71(48-67)102-90(96)126-73/h10-12,15-16,19,21-22,25,44-45,48,51-52,56-57,59-60,62-63,69-70,72,74-78,83-84,88,111-112,114,117H,13-14,17-18,20,23-24,26-43,46-47,49-50,53-55,94H2,1-9H3,(H2,96,102)(H,99,116)(H2,95,100,101)/b12-10+,15-11+,58-16+,61-44+/t57-,59-,60-,62-,63+,69+,70-,72+,74-,75+,76-,77+,78-,83-,84+,88?,93-/m1/s1. The number of hydrogen-bond donors (Lipinski definition) is 8. The lowest BCUT2D eigenvalue weighted by atomic mass is 9.80. The Hall–Kier alpha value is -9.15. The number of fused-ring (bicyclic) bond motifs is 6. The Bertz CT molecular complexity index is 4770. The number of allylic oxidation sites excluding steroid dienone is 5. The highest BCUT2D eigenvalue weighted by atomic mass is 16.6. The molecule has 3 saturated heterocycles. The van der Waals surface area contributed by atoms with E-state index in [4.69, 9.17) is 74.1 Å². The van der Waals surface area contributed by atoms with Crippen LogP contribution in [-0.4, -0.2) is 292 Å². The molecule has 128 heavy (non-hydrogen) atoms. The van der Waals surface area contributed by atoms with Gasteiger partial charge in [-0.1, -0.05) is 88.8 Å². The number of aromatic nitrogens is 7. The number of alkyl carbamates (subject to hydrolysis) is 1. The van der Waals surface area contributed by atoms with E-state index in [0.29, 0.717) is 187 Å². The van der Waals surface area contributed by atoms with E-state index in [-0.39, 0.29) is 56.1 Å². The molecule has 2 amide bonds. The number of piperazine rings is 1. The van der Waals surface area contributed by atoms with Crippen LogP contribution < -0.4 is 27.4 Å². The average Bonchev–Trinajstić information content (AvgIpc) is 1.32. The maximum absolute atomic E-state index is 14.9. The summed E-state index contributed by atoms with van der Waals surface area (Å²) in [6.45, 7) is 19.8. The number of nitrogens with two attached hydrogens (primary N) is 3. The van der Waals surface area contributed by atoms with E-state index >= 15 is 0 Å². The minimum absolute atomic E-state index is 0.0436. The quantitative estimate of drug-likeness (QED) is 0.0134. The molecule has 6 aliphatic rings. The number of aliphatic hydroxyl groups is 4. The maximum Gasteiger partial charge on any atom is 0.407 e. The van der Waals surface area contributed by atoms with Crippen molar-refractivity contribution in [3.8, 4) is 11.3 Å². The number of benzene rings is 2. The first-order valence-electron chi connectivity index (χ1n) is 45.3. The number of carbonyl (C=O) groups is 5. The number of carbonyl (C=O) groups excluding carboxylic acids is 5. The summed E-state index contributed by atoms with van der Waals surface area (Å²) in [5.41, 5.74) is 27.8. The fourth-order valence-corrected chi connectivity index (χ4v) is 18.3. The normalized spacial score (nSPS) is 29.0. The summed E-state index contributed by atoms with van der Waals surface area (Å²) in [5.74, 6) is -5.53. The first-order valence-corrected chi connectivity index (χ1v) is 45.3. The van der Waals surface area contributed by atoms with Crippen molar-refractivity contribution < 1.29 is 96.2 Å². The molecule has 4 fully saturated rings. The average molecular weight is 1780 g/mol. The molecule has 1 saturated carbocycles. The summed E-state index contributed by atoms with van der Waals surface area (Å²) >= 11 is 0. The van der Waals surface area contributed by atoms with Crippen molar-refractivity contribution in [3.63, 3.8) is 0 Å². The smallest absolute Gasteiger partial charge is 0.407 e. The third-order valence-electron chi connectivity index (χ3n) is 26.0. The van der Waals surface area contributed by atoms with Crippen molar-refractivity contribution in [2.45, 2.75) is 224 Å². The molecule has 6 aromatic rings. The predicted octanol–water partition coefficient (Wildman–Crippen LogP) is 7.50. The lowest BCUT2D eigenvalue weighted by Crippen LogP contribution is -2.62. The van der Waals surface area contributed by atoms with Crippen LogP contribution >= 0.6 is 0 Å². The number of anilines is 3. The molecule has 17 atom stereocenters. The van der Waals surface area contributed by atoms with Crippen LogP contribution in [0.25, 0.3) is 33.4 Å². The highest BCUT2D eigenvalue weighted by Gasteiger charge is 2.53. The van der Waals surface area contributed by atoms with Crippen molar-refractivity contribution in [2.24, 2.45) is 35.3 Å². The van der Waals surface area contributed by atoms with Gasteiger partial charge in [-0.15, -0.1) is 0 Å². The fraction of sp³-hybridized carbons (Fsp3) is 0.624. The molecule has 5 aliphatic heterocycles. The van der Waals surface area contributed by atoms with Gasteiger partial charge in [-0.05, 0) is 136 Å². The number of Topliss-reactive ketones (excluding diaryl/α,β-unsaturated/α-hetero) is 2. The molecule has 12 rings (SSSR count). The number of hydrogen-bond acceptors (Lipinski definition) is 32. The Morgan fingerprint density at radius 1 is 0.719 bits per heavy atom. The number of piperidine rings is 1. The predicted molar refractivity (Wildman–Crippen MR) is 477 cm³/mol. The highest BCUT2D eigenvalue weighted by Crippen LogP contribution is 2.40. The Balaban J connectivity index is 0.532. The number of nitrogen functional groups attached to an aromatic ring is 2. The lowest BCUT2D eigenvalue weighted by Gasteiger charge is -2.45. The van der Waals surface area contributed by atoms with Crippen LogP contribution in [0.4, 0.5) is 22.6 Å². The number of nitrogens with zero attached hydrogens (tertiary/aromatic N) is 11. The van der Waals surface area contributed by atoms with Gasteiger partial charge >= 0.3 is 12.1 Å². The zero-order valence-electron chi connectivity index (χ0n) is 75.5. The SMILES string of the molecule is CO[C@H]1C[C@@H]2CC[C@@H](C)[C@@](O)(O2)C(=O)C(O)N2CCCC[C@H]2C(=O)O[C@H]([C@H](N)C[C@@H]2CC[C@@H](OC(=O)NCc3cnc(N4CCN(CCOCCOCCOCCOCCC(=O)N5CCc6cc(Cn7nc(-c8ccc9oc(N)nc9c8)c8c(N)ncnc87)ccc6C5)CC4)nc3)[C@H](OC)C2)C[C@@H](OC)[C@H](C)/C=C(\C)[C@@H](O)[C@@H](O)C(=O)[C@H](C)C[C@H](C)/C=C/C=C/C=C/1C. The number of aliphatic hydroxyl groups excluding tert-OH is 3. The molecule has 11 N–H and O–H groups in total. The van der Waals surface area contributed by atoms with E-state index in [1.807, 2.05) is 72.9 Å². The van der Waals surface area contributed by atoms with E-state index in [0.717, 1.165) is 61.4 Å². The van der Waals surface area contributed by atoms with E-state index in [1.54, 1.807) is 59.5 Å². The number of ether oxygens (including phenoxy) is 10. The van der Waals surface area contributed by atoms with Crippen LogP contribution in [0.1, 0.15) is 147 Å². The number of cyclic esters (lactones) is 1. The van der Waals surface area contributed by atoms with Crippen LogP contribution in [0.2, 0.25) is 0 Å². The largest absolute Gasteiger partial charge is 0.459 e. The van der Waals surface area contributed by atoms with Gasteiger partial charge < -0.3 is 105 Å². The van der Waals surface area contributed by atoms with Crippen molar-refractivity contribution in [2.75, 3.05) is 136 Å². The van der Waals surface area contributed by atoms with Crippen molar-refractivity contribution >= 4 is 69.5 Å². The third-order valence-corrected chi connectivity index (χ3v) is 26.0. The van der Waals surface area contributed by atoms with Crippen LogP contribution in [0.15, 0.2) is 107 Å². The Labute approximate surface area is 748 Å².